The molecule has 0 radical (unpaired) electrons. The van der Waals surface area contributed by atoms with Crippen LogP contribution in [0.4, 0.5) is 0 Å². The number of hydrogen-bond acceptors (Lipinski definition) is 2. The predicted octanol–water partition coefficient (Wildman–Crippen LogP) is 1.25. The van der Waals surface area contributed by atoms with E-state index in [1.807, 2.05) is 0 Å². The molecular formula is C12H19NO. The van der Waals surface area contributed by atoms with Crippen molar-refractivity contribution in [2.45, 2.75) is 37.7 Å². The monoisotopic (exact) mass is 193 g/mol. The third-order valence-electron chi connectivity index (χ3n) is 3.83. The lowest BCUT2D eigenvalue weighted by molar-refractivity contribution is -0.0930. The van der Waals surface area contributed by atoms with Crippen molar-refractivity contribution in [1.29, 1.82) is 0 Å². The maximum Gasteiger partial charge on any atom is 0.0700 e. The average molecular weight is 193 g/mol. The molecule has 2 atom stereocenters. The minimum atomic E-state index is -0.358. The highest BCUT2D eigenvalue weighted by atomic mass is 16.3. The van der Waals surface area contributed by atoms with Gasteiger partial charge in [-0.1, -0.05) is 18.8 Å². The molecule has 1 N–H and O–H groups in total. The van der Waals surface area contributed by atoms with Crippen molar-refractivity contribution in [3.05, 3.63) is 0 Å². The fraction of sp³-hybridized carbons (Fsp3) is 0.833. The van der Waals surface area contributed by atoms with E-state index in [1.54, 1.807) is 0 Å². The zero-order chi connectivity index (χ0) is 10.0. The SMILES string of the molecule is C#CCN1CCC2(O)CCCCC2C1. The minimum Gasteiger partial charge on any atom is -0.390 e. The van der Waals surface area contributed by atoms with E-state index in [4.69, 9.17) is 6.42 Å². The summed E-state index contributed by atoms with van der Waals surface area (Å²) in [6.07, 6.45) is 10.9. The molecule has 2 nitrogen and oxygen atoms in total. The third-order valence-corrected chi connectivity index (χ3v) is 3.83. The van der Waals surface area contributed by atoms with E-state index in [9.17, 15) is 5.11 Å². The van der Waals surface area contributed by atoms with E-state index in [0.29, 0.717) is 5.92 Å². The number of terminal acetylenes is 1. The fourth-order valence-electron chi connectivity index (χ4n) is 2.91. The molecule has 1 heterocycles. The summed E-state index contributed by atoms with van der Waals surface area (Å²) in [5.74, 6) is 3.16. The molecule has 78 valence electrons. The normalized spacial score (nSPS) is 38.7. The molecule has 2 aliphatic rings. The Morgan fingerprint density at radius 3 is 3.07 bits per heavy atom. The second-order valence-electron chi connectivity index (χ2n) is 4.74. The van der Waals surface area contributed by atoms with Gasteiger partial charge in [0, 0.05) is 19.0 Å². The lowest BCUT2D eigenvalue weighted by atomic mass is 9.71. The van der Waals surface area contributed by atoms with Crippen LogP contribution in [0.1, 0.15) is 32.1 Å². The molecule has 2 heteroatoms. The number of nitrogens with zero attached hydrogens (tertiary/aromatic N) is 1. The van der Waals surface area contributed by atoms with E-state index in [2.05, 4.69) is 10.8 Å². The van der Waals surface area contributed by atoms with E-state index in [1.165, 1.54) is 19.3 Å². The van der Waals surface area contributed by atoms with Gasteiger partial charge in [0.25, 0.3) is 0 Å². The largest absolute Gasteiger partial charge is 0.390 e. The van der Waals surface area contributed by atoms with Gasteiger partial charge in [0.1, 0.15) is 0 Å². The molecule has 1 aliphatic carbocycles. The van der Waals surface area contributed by atoms with Crippen molar-refractivity contribution in [1.82, 2.24) is 4.90 Å². The Bertz CT molecular complexity index is 245. The van der Waals surface area contributed by atoms with Crippen molar-refractivity contribution < 1.29 is 5.11 Å². The summed E-state index contributed by atoms with van der Waals surface area (Å²) in [6, 6.07) is 0. The molecule has 0 bridgehead atoms. The summed E-state index contributed by atoms with van der Waals surface area (Å²) in [5.41, 5.74) is -0.358. The number of aliphatic hydroxyl groups is 1. The van der Waals surface area contributed by atoms with Crippen LogP contribution in [0.2, 0.25) is 0 Å². The molecule has 2 unspecified atom stereocenters. The maximum atomic E-state index is 10.4. The molecule has 0 spiro atoms. The van der Waals surface area contributed by atoms with Gasteiger partial charge in [0.15, 0.2) is 0 Å². The standard InChI is InChI=1S/C12H19NO/c1-2-8-13-9-7-12(14)6-4-3-5-11(12)10-13/h1,11,14H,3-10H2. The number of hydrogen-bond donors (Lipinski definition) is 1. The van der Waals surface area contributed by atoms with Crippen LogP contribution >= 0.6 is 0 Å². The number of fused-ring (bicyclic) bond motifs is 1. The molecule has 1 aliphatic heterocycles. The molecule has 1 saturated carbocycles. The van der Waals surface area contributed by atoms with Crippen molar-refractivity contribution in [2.24, 2.45) is 5.92 Å². The van der Waals surface area contributed by atoms with Crippen molar-refractivity contribution in [3.8, 4) is 12.3 Å². The Balaban J connectivity index is 1.99. The fourth-order valence-corrected chi connectivity index (χ4v) is 2.91. The van der Waals surface area contributed by atoms with Gasteiger partial charge in [-0.25, -0.2) is 0 Å². The molecule has 0 aromatic carbocycles. The van der Waals surface area contributed by atoms with Gasteiger partial charge in [0.2, 0.25) is 0 Å². The average Bonchev–Trinajstić information content (AvgIpc) is 2.19. The first-order valence-corrected chi connectivity index (χ1v) is 5.63. The highest BCUT2D eigenvalue weighted by molar-refractivity contribution is 4.98. The number of rotatable bonds is 1. The lowest BCUT2D eigenvalue weighted by Gasteiger charge is -2.47. The van der Waals surface area contributed by atoms with Gasteiger partial charge in [-0.05, 0) is 19.3 Å². The Morgan fingerprint density at radius 1 is 1.43 bits per heavy atom. The Kier molecular flexibility index (Phi) is 2.80. The second kappa shape index (κ2) is 3.92. The first kappa shape index (κ1) is 10.0. The highest BCUT2D eigenvalue weighted by Crippen LogP contribution is 2.39. The highest BCUT2D eigenvalue weighted by Gasteiger charge is 2.42. The molecular weight excluding hydrogens is 174 g/mol. The van der Waals surface area contributed by atoms with E-state index >= 15 is 0 Å². The van der Waals surface area contributed by atoms with Crippen LogP contribution in [0.3, 0.4) is 0 Å². The van der Waals surface area contributed by atoms with Crippen LogP contribution in [0.15, 0.2) is 0 Å². The minimum absolute atomic E-state index is 0.358. The van der Waals surface area contributed by atoms with Crippen LogP contribution in [0, 0.1) is 18.3 Å². The van der Waals surface area contributed by atoms with Gasteiger partial charge in [-0.15, -0.1) is 6.42 Å². The van der Waals surface area contributed by atoms with Gasteiger partial charge in [-0.3, -0.25) is 4.90 Å². The molecule has 1 saturated heterocycles. The van der Waals surface area contributed by atoms with Gasteiger partial charge >= 0.3 is 0 Å². The molecule has 0 aromatic heterocycles. The smallest absolute Gasteiger partial charge is 0.0700 e. The Labute approximate surface area is 86.3 Å². The van der Waals surface area contributed by atoms with Crippen molar-refractivity contribution in [3.63, 3.8) is 0 Å². The lowest BCUT2D eigenvalue weighted by Crippen LogP contribution is -2.53. The molecule has 0 aromatic rings. The first-order valence-electron chi connectivity index (χ1n) is 5.63. The number of piperidine rings is 1. The van der Waals surface area contributed by atoms with Gasteiger partial charge in [-0.2, -0.15) is 0 Å². The molecule has 0 amide bonds. The molecule has 2 rings (SSSR count). The number of likely N-dealkylation sites (tertiary alicyclic amines) is 1. The summed E-state index contributed by atoms with van der Waals surface area (Å²) < 4.78 is 0. The van der Waals surface area contributed by atoms with Gasteiger partial charge in [0.05, 0.1) is 12.1 Å². The molecule has 2 fully saturated rings. The van der Waals surface area contributed by atoms with Gasteiger partial charge < -0.3 is 5.11 Å². The van der Waals surface area contributed by atoms with Crippen LogP contribution in [0.5, 0.6) is 0 Å². The molecule has 14 heavy (non-hydrogen) atoms. The quantitative estimate of drug-likeness (QED) is 0.633. The zero-order valence-electron chi connectivity index (χ0n) is 8.71. The van der Waals surface area contributed by atoms with Crippen LogP contribution in [0.25, 0.3) is 0 Å². The Morgan fingerprint density at radius 2 is 2.29 bits per heavy atom. The van der Waals surface area contributed by atoms with E-state index in [-0.39, 0.29) is 5.60 Å². The van der Waals surface area contributed by atoms with Crippen LogP contribution < -0.4 is 0 Å². The third kappa shape index (κ3) is 1.80. The van der Waals surface area contributed by atoms with Crippen LogP contribution in [-0.4, -0.2) is 35.2 Å². The topological polar surface area (TPSA) is 23.5 Å². The summed E-state index contributed by atoms with van der Waals surface area (Å²) in [5, 5.41) is 10.4. The maximum absolute atomic E-state index is 10.4. The zero-order valence-corrected chi connectivity index (χ0v) is 8.71. The first-order chi connectivity index (χ1) is 6.74. The van der Waals surface area contributed by atoms with E-state index < -0.39 is 0 Å². The summed E-state index contributed by atoms with van der Waals surface area (Å²) in [4.78, 5) is 2.30. The van der Waals surface area contributed by atoms with Crippen LogP contribution in [-0.2, 0) is 0 Å². The van der Waals surface area contributed by atoms with Crippen molar-refractivity contribution in [2.75, 3.05) is 19.6 Å². The summed E-state index contributed by atoms with van der Waals surface area (Å²) in [6.45, 7) is 2.71. The van der Waals surface area contributed by atoms with E-state index in [0.717, 1.165) is 32.5 Å². The predicted molar refractivity (Wildman–Crippen MR) is 56.8 cm³/mol. The second-order valence-corrected chi connectivity index (χ2v) is 4.74. The Hall–Kier alpha value is -0.520. The van der Waals surface area contributed by atoms with Crippen molar-refractivity contribution >= 4 is 0 Å². The summed E-state index contributed by atoms with van der Waals surface area (Å²) in [7, 11) is 0. The summed E-state index contributed by atoms with van der Waals surface area (Å²) >= 11 is 0.